The second kappa shape index (κ2) is 7.73. The number of nitrogens with zero attached hydrogens (tertiary/aromatic N) is 2. The summed E-state index contributed by atoms with van der Waals surface area (Å²) < 4.78 is 28.3. The van der Waals surface area contributed by atoms with E-state index in [0.717, 1.165) is 24.6 Å². The lowest BCUT2D eigenvalue weighted by atomic mass is 9.69. The lowest BCUT2D eigenvalue weighted by Gasteiger charge is -2.36. The Bertz CT molecular complexity index is 659. The number of rotatable bonds is 5. The lowest BCUT2D eigenvalue weighted by molar-refractivity contribution is 0.251. The molecule has 1 aromatic rings. The quantitative estimate of drug-likeness (QED) is 0.463. The summed E-state index contributed by atoms with van der Waals surface area (Å²) in [7, 11) is 0. The maximum atomic E-state index is 14.7. The molecular formula is C19H25ClF2N2. The summed E-state index contributed by atoms with van der Waals surface area (Å²) in [5, 5.41) is -0.0339. The van der Waals surface area contributed by atoms with Crippen LogP contribution in [0.4, 0.5) is 8.78 Å². The molecule has 0 N–H and O–H groups in total. The Morgan fingerprint density at radius 3 is 2.54 bits per heavy atom. The van der Waals surface area contributed by atoms with Crippen molar-refractivity contribution < 1.29 is 8.78 Å². The standard InChI is InChI=1S/C19H25ClF2N2/c1-12(2)19(9-5-6-10-19)14(4)13(3)15(21)7-8-17-16(22)11-23-18(20)24-17/h7,11-12H,5-6,8-10H2,1-4H3/b14-13+,15-7+. The van der Waals surface area contributed by atoms with Gasteiger partial charge in [-0.2, -0.15) is 0 Å². The van der Waals surface area contributed by atoms with E-state index < -0.39 is 5.82 Å². The van der Waals surface area contributed by atoms with Gasteiger partial charge in [-0.15, -0.1) is 0 Å². The van der Waals surface area contributed by atoms with Gasteiger partial charge in [-0.25, -0.2) is 18.7 Å². The van der Waals surface area contributed by atoms with E-state index in [0.29, 0.717) is 11.5 Å². The molecule has 0 amide bonds. The van der Waals surface area contributed by atoms with Crippen LogP contribution in [-0.4, -0.2) is 9.97 Å². The van der Waals surface area contributed by atoms with E-state index in [9.17, 15) is 8.78 Å². The van der Waals surface area contributed by atoms with E-state index >= 15 is 0 Å². The molecule has 1 saturated carbocycles. The van der Waals surface area contributed by atoms with Crippen molar-refractivity contribution >= 4 is 11.6 Å². The summed E-state index contributed by atoms with van der Waals surface area (Å²) >= 11 is 5.67. The van der Waals surface area contributed by atoms with Crippen molar-refractivity contribution in [3.63, 3.8) is 0 Å². The van der Waals surface area contributed by atoms with Gasteiger partial charge in [0, 0.05) is 6.42 Å². The van der Waals surface area contributed by atoms with E-state index in [4.69, 9.17) is 11.6 Å². The van der Waals surface area contributed by atoms with Gasteiger partial charge in [0.1, 0.15) is 5.83 Å². The SMILES string of the molecule is CC(/C(F)=C\Cc1nc(Cl)ncc1F)=C(/C)C1(C(C)C)CCCC1. The highest BCUT2D eigenvalue weighted by atomic mass is 35.5. The third-order valence-electron chi connectivity index (χ3n) is 5.53. The van der Waals surface area contributed by atoms with Crippen molar-refractivity contribution in [2.75, 3.05) is 0 Å². The molecule has 0 atom stereocenters. The number of hydrogen-bond donors (Lipinski definition) is 0. The maximum Gasteiger partial charge on any atom is 0.222 e. The average molecular weight is 355 g/mol. The summed E-state index contributed by atoms with van der Waals surface area (Å²) in [6.07, 6.45) is 7.05. The third-order valence-corrected chi connectivity index (χ3v) is 5.71. The first-order valence-corrected chi connectivity index (χ1v) is 8.86. The number of aromatic nitrogens is 2. The van der Waals surface area contributed by atoms with E-state index in [1.807, 2.05) is 13.8 Å². The van der Waals surface area contributed by atoms with Gasteiger partial charge in [0.05, 0.1) is 11.9 Å². The molecule has 2 nitrogen and oxygen atoms in total. The van der Waals surface area contributed by atoms with Gasteiger partial charge in [-0.1, -0.05) is 32.3 Å². The molecular weight excluding hydrogens is 330 g/mol. The van der Waals surface area contributed by atoms with E-state index in [2.05, 4.69) is 23.8 Å². The van der Waals surface area contributed by atoms with E-state index in [1.165, 1.54) is 18.9 Å². The molecule has 1 aliphatic rings. The first-order valence-electron chi connectivity index (χ1n) is 8.49. The van der Waals surface area contributed by atoms with Crippen LogP contribution in [0.3, 0.4) is 0 Å². The van der Waals surface area contributed by atoms with Crippen molar-refractivity contribution in [2.24, 2.45) is 11.3 Å². The molecule has 1 aliphatic carbocycles. The molecule has 0 spiro atoms. The molecule has 1 fully saturated rings. The van der Waals surface area contributed by atoms with Crippen LogP contribution < -0.4 is 0 Å². The number of halogens is 3. The summed E-state index contributed by atoms with van der Waals surface area (Å²) in [6.45, 7) is 8.27. The summed E-state index contributed by atoms with van der Waals surface area (Å²) in [6, 6.07) is 0. The van der Waals surface area contributed by atoms with Crippen LogP contribution in [0, 0.1) is 17.2 Å². The largest absolute Gasteiger partial charge is 0.223 e. The highest BCUT2D eigenvalue weighted by molar-refractivity contribution is 6.28. The Morgan fingerprint density at radius 1 is 1.33 bits per heavy atom. The van der Waals surface area contributed by atoms with Gasteiger partial charge < -0.3 is 0 Å². The molecule has 0 unspecified atom stereocenters. The minimum atomic E-state index is -0.573. The van der Waals surface area contributed by atoms with Gasteiger partial charge in [0.15, 0.2) is 5.82 Å². The smallest absolute Gasteiger partial charge is 0.222 e. The minimum Gasteiger partial charge on any atom is -0.223 e. The summed E-state index contributed by atoms with van der Waals surface area (Å²) in [5.74, 6) is -0.411. The van der Waals surface area contributed by atoms with Crippen molar-refractivity contribution in [3.05, 3.63) is 46.0 Å². The molecule has 0 radical (unpaired) electrons. The first-order chi connectivity index (χ1) is 11.3. The second-order valence-corrected chi connectivity index (χ2v) is 7.30. The van der Waals surface area contributed by atoms with Gasteiger partial charge >= 0.3 is 0 Å². The van der Waals surface area contributed by atoms with Gasteiger partial charge in [-0.3, -0.25) is 0 Å². The van der Waals surface area contributed by atoms with Crippen molar-refractivity contribution in [3.8, 4) is 0 Å². The van der Waals surface area contributed by atoms with Crippen LogP contribution >= 0.6 is 11.6 Å². The van der Waals surface area contributed by atoms with Gasteiger partial charge in [0.25, 0.3) is 0 Å². The number of allylic oxidation sites excluding steroid dienone is 4. The fourth-order valence-electron chi connectivity index (χ4n) is 3.80. The van der Waals surface area contributed by atoms with Crippen LogP contribution in [0.25, 0.3) is 0 Å². The zero-order valence-corrected chi connectivity index (χ0v) is 15.6. The molecule has 5 heteroatoms. The second-order valence-electron chi connectivity index (χ2n) is 6.96. The molecule has 1 heterocycles. The Kier molecular flexibility index (Phi) is 6.13. The summed E-state index contributed by atoms with van der Waals surface area (Å²) in [4.78, 5) is 7.39. The molecule has 0 saturated heterocycles. The topological polar surface area (TPSA) is 25.8 Å². The normalized spacial score (nSPS) is 18.9. The van der Waals surface area contributed by atoms with Crippen molar-refractivity contribution in [1.82, 2.24) is 9.97 Å². The average Bonchev–Trinajstić information content (AvgIpc) is 3.05. The van der Waals surface area contributed by atoms with Crippen LogP contribution in [-0.2, 0) is 6.42 Å². The van der Waals surface area contributed by atoms with Crippen LogP contribution in [0.15, 0.2) is 29.2 Å². The predicted octanol–water partition coefficient (Wildman–Crippen LogP) is 6.22. The van der Waals surface area contributed by atoms with Gasteiger partial charge in [-0.05, 0) is 61.3 Å². The number of hydrogen-bond acceptors (Lipinski definition) is 2. The Balaban J connectivity index is 2.26. The molecule has 2 rings (SSSR count). The zero-order chi connectivity index (χ0) is 17.9. The predicted molar refractivity (Wildman–Crippen MR) is 94.0 cm³/mol. The summed E-state index contributed by atoms with van der Waals surface area (Å²) in [5.41, 5.74) is 1.96. The van der Waals surface area contributed by atoms with E-state index in [-0.39, 0.29) is 28.6 Å². The van der Waals surface area contributed by atoms with Crippen molar-refractivity contribution in [1.29, 1.82) is 0 Å². The molecule has 0 aliphatic heterocycles. The highest BCUT2D eigenvalue weighted by Crippen LogP contribution is 2.51. The minimum absolute atomic E-state index is 0.0339. The maximum absolute atomic E-state index is 14.7. The molecule has 1 aromatic heterocycles. The Labute approximate surface area is 148 Å². The third kappa shape index (κ3) is 3.85. The Hall–Kier alpha value is -1.29. The Morgan fingerprint density at radius 2 is 1.96 bits per heavy atom. The monoisotopic (exact) mass is 354 g/mol. The lowest BCUT2D eigenvalue weighted by Crippen LogP contribution is -2.26. The first kappa shape index (κ1) is 19.0. The van der Waals surface area contributed by atoms with Crippen LogP contribution in [0.2, 0.25) is 5.28 Å². The molecule has 0 aromatic carbocycles. The molecule has 24 heavy (non-hydrogen) atoms. The van der Waals surface area contributed by atoms with Crippen molar-refractivity contribution in [2.45, 2.75) is 59.8 Å². The van der Waals surface area contributed by atoms with Gasteiger partial charge in [0.2, 0.25) is 5.28 Å². The zero-order valence-electron chi connectivity index (χ0n) is 14.8. The molecule has 132 valence electrons. The highest BCUT2D eigenvalue weighted by Gasteiger charge is 2.39. The van der Waals surface area contributed by atoms with E-state index in [1.54, 1.807) is 0 Å². The van der Waals surface area contributed by atoms with Crippen LogP contribution in [0.5, 0.6) is 0 Å². The molecule has 0 bridgehead atoms. The fourth-order valence-corrected chi connectivity index (χ4v) is 3.96. The van der Waals surface area contributed by atoms with Crippen LogP contribution in [0.1, 0.15) is 59.1 Å². The fraction of sp³-hybridized carbons (Fsp3) is 0.579.